The Balaban J connectivity index is 3.28. The van der Waals surface area contributed by atoms with Crippen LogP contribution in [-0.4, -0.2) is 32.2 Å². The highest BCUT2D eigenvalue weighted by atomic mass is 16.5. The highest BCUT2D eigenvalue weighted by Crippen LogP contribution is 2.21. The Kier molecular flexibility index (Phi) is 9.32. The monoisotopic (exact) mass is 286 g/mol. The lowest BCUT2D eigenvalue weighted by molar-refractivity contribution is -0.131. The minimum Gasteiger partial charge on any atom is -0.381 e. The van der Waals surface area contributed by atoms with Crippen LogP contribution in [0.25, 0.3) is 0 Å². The molecule has 0 fully saturated rings. The summed E-state index contributed by atoms with van der Waals surface area (Å²) in [5.74, 6) is 0.153. The molecule has 0 aliphatic rings. The van der Waals surface area contributed by atoms with Crippen molar-refractivity contribution in [2.45, 2.75) is 67.2 Å². The maximum Gasteiger partial charge on any atom is 0.163 e. The van der Waals surface area contributed by atoms with E-state index in [0.717, 1.165) is 26.1 Å². The lowest BCUT2D eigenvalue weighted by Crippen LogP contribution is -2.25. The normalized spacial score (nSPS) is 12.7. The Bertz CT molecular complexity index is 258. The van der Waals surface area contributed by atoms with Gasteiger partial charge in [0.05, 0.1) is 0 Å². The van der Waals surface area contributed by atoms with E-state index in [-0.39, 0.29) is 17.8 Å². The van der Waals surface area contributed by atoms with Crippen LogP contribution in [0.1, 0.15) is 67.2 Å². The van der Waals surface area contributed by atoms with Gasteiger partial charge in [-0.05, 0) is 24.7 Å². The molecule has 0 rings (SSSR count). The van der Waals surface area contributed by atoms with Gasteiger partial charge in [-0.3, -0.25) is 4.79 Å². The molecule has 0 aliphatic heterocycles. The number of ether oxygens (including phenoxy) is 2. The zero-order valence-electron chi connectivity index (χ0n) is 14.4. The number of hydrogen-bond acceptors (Lipinski definition) is 3. The number of rotatable bonds is 10. The fourth-order valence-electron chi connectivity index (χ4n) is 1.61. The van der Waals surface area contributed by atoms with Crippen LogP contribution in [0.3, 0.4) is 0 Å². The summed E-state index contributed by atoms with van der Waals surface area (Å²) in [6, 6.07) is 0. The van der Waals surface area contributed by atoms with Gasteiger partial charge in [0.2, 0.25) is 0 Å². The summed E-state index contributed by atoms with van der Waals surface area (Å²) >= 11 is 0. The number of Topliss-reactive ketones (excluding diaryl/α,β-unsaturated/α-hetero) is 1. The van der Waals surface area contributed by atoms with Gasteiger partial charge in [0.15, 0.2) is 5.78 Å². The fourth-order valence-corrected chi connectivity index (χ4v) is 1.61. The maximum atomic E-state index is 11.6. The van der Waals surface area contributed by atoms with E-state index >= 15 is 0 Å². The van der Waals surface area contributed by atoms with Crippen molar-refractivity contribution in [3.05, 3.63) is 0 Å². The molecule has 0 aliphatic carbocycles. The van der Waals surface area contributed by atoms with E-state index in [1.165, 1.54) is 12.8 Å². The predicted octanol–water partition coefficient (Wildman–Crippen LogP) is 4.24. The Morgan fingerprint density at radius 2 is 1.35 bits per heavy atom. The third-order valence-electron chi connectivity index (χ3n) is 3.11. The molecule has 0 heterocycles. The Morgan fingerprint density at radius 1 is 0.800 bits per heavy atom. The highest BCUT2D eigenvalue weighted by Gasteiger charge is 2.20. The van der Waals surface area contributed by atoms with Gasteiger partial charge in [-0.15, -0.1) is 0 Å². The SMILES string of the molecule is CC(C)(C)CCCCOCCCOCC(=O)C(C)(C)C. The van der Waals surface area contributed by atoms with Crippen LogP contribution >= 0.6 is 0 Å². The molecule has 0 atom stereocenters. The van der Waals surface area contributed by atoms with E-state index in [4.69, 9.17) is 9.47 Å². The van der Waals surface area contributed by atoms with Gasteiger partial charge in [-0.25, -0.2) is 0 Å². The number of ketones is 1. The molecule has 0 radical (unpaired) electrons. The molecule has 0 unspecified atom stereocenters. The van der Waals surface area contributed by atoms with Gasteiger partial charge in [0, 0.05) is 25.2 Å². The summed E-state index contributed by atoms with van der Waals surface area (Å²) in [7, 11) is 0. The molecule has 0 saturated heterocycles. The van der Waals surface area contributed by atoms with Crippen LogP contribution in [0.5, 0.6) is 0 Å². The average Bonchev–Trinajstić information content (AvgIpc) is 2.28. The van der Waals surface area contributed by atoms with Crippen molar-refractivity contribution in [2.24, 2.45) is 10.8 Å². The lowest BCUT2D eigenvalue weighted by atomic mass is 9.90. The van der Waals surface area contributed by atoms with Crippen molar-refractivity contribution >= 4 is 5.78 Å². The molecule has 120 valence electrons. The van der Waals surface area contributed by atoms with E-state index in [1.807, 2.05) is 20.8 Å². The van der Waals surface area contributed by atoms with E-state index in [0.29, 0.717) is 12.0 Å². The number of carbonyl (C=O) groups is 1. The van der Waals surface area contributed by atoms with Gasteiger partial charge in [0.25, 0.3) is 0 Å². The van der Waals surface area contributed by atoms with Gasteiger partial charge < -0.3 is 9.47 Å². The Morgan fingerprint density at radius 3 is 1.90 bits per heavy atom. The van der Waals surface area contributed by atoms with Crippen LogP contribution < -0.4 is 0 Å². The van der Waals surface area contributed by atoms with E-state index in [2.05, 4.69) is 20.8 Å². The molecule has 20 heavy (non-hydrogen) atoms. The van der Waals surface area contributed by atoms with Crippen molar-refractivity contribution in [3.8, 4) is 0 Å². The second kappa shape index (κ2) is 9.51. The molecule has 0 bridgehead atoms. The molecular formula is C17H34O3. The first-order valence-corrected chi connectivity index (χ1v) is 7.82. The van der Waals surface area contributed by atoms with Crippen LogP contribution in [0.2, 0.25) is 0 Å². The summed E-state index contributed by atoms with van der Waals surface area (Å²) < 4.78 is 10.9. The van der Waals surface area contributed by atoms with Gasteiger partial charge in [-0.2, -0.15) is 0 Å². The number of unbranched alkanes of at least 4 members (excludes halogenated alkanes) is 1. The van der Waals surface area contributed by atoms with Crippen molar-refractivity contribution in [1.29, 1.82) is 0 Å². The molecule has 0 aromatic carbocycles. The van der Waals surface area contributed by atoms with Gasteiger partial charge in [0.1, 0.15) is 6.61 Å². The largest absolute Gasteiger partial charge is 0.381 e. The second-order valence-corrected chi connectivity index (χ2v) is 7.71. The molecule has 0 N–H and O–H groups in total. The minimum absolute atomic E-state index is 0.153. The maximum absolute atomic E-state index is 11.6. The van der Waals surface area contributed by atoms with E-state index in [1.54, 1.807) is 0 Å². The molecule has 0 saturated carbocycles. The summed E-state index contributed by atoms with van der Waals surface area (Å²) in [5.41, 5.74) is 0.122. The zero-order chi connectivity index (χ0) is 15.6. The van der Waals surface area contributed by atoms with Crippen LogP contribution in [0, 0.1) is 10.8 Å². The summed E-state index contributed by atoms with van der Waals surface area (Å²) in [5, 5.41) is 0. The molecule has 0 aromatic rings. The van der Waals surface area contributed by atoms with Crippen LogP contribution in [0.4, 0.5) is 0 Å². The number of hydrogen-bond donors (Lipinski definition) is 0. The van der Waals surface area contributed by atoms with Gasteiger partial charge in [-0.1, -0.05) is 48.0 Å². The lowest BCUT2D eigenvalue weighted by Gasteiger charge is -2.17. The molecule has 3 heteroatoms. The molecule has 3 nitrogen and oxygen atoms in total. The van der Waals surface area contributed by atoms with Crippen molar-refractivity contribution in [3.63, 3.8) is 0 Å². The second-order valence-electron chi connectivity index (χ2n) is 7.71. The van der Waals surface area contributed by atoms with Crippen molar-refractivity contribution < 1.29 is 14.3 Å². The van der Waals surface area contributed by atoms with E-state index in [9.17, 15) is 4.79 Å². The Hall–Kier alpha value is -0.410. The fraction of sp³-hybridized carbons (Fsp3) is 0.941. The topological polar surface area (TPSA) is 35.5 Å². The first kappa shape index (κ1) is 19.6. The van der Waals surface area contributed by atoms with E-state index < -0.39 is 0 Å². The van der Waals surface area contributed by atoms with Crippen molar-refractivity contribution in [1.82, 2.24) is 0 Å². The summed E-state index contributed by atoms with van der Waals surface area (Å²) in [6.07, 6.45) is 4.45. The standard InChI is InChI=1S/C17H34O3/c1-16(2,3)10-7-8-11-19-12-9-13-20-14-15(18)17(4,5)6/h7-14H2,1-6H3. The third kappa shape index (κ3) is 12.6. The van der Waals surface area contributed by atoms with Gasteiger partial charge >= 0.3 is 0 Å². The van der Waals surface area contributed by atoms with Crippen LogP contribution in [-0.2, 0) is 14.3 Å². The number of carbonyl (C=O) groups excluding carboxylic acids is 1. The highest BCUT2D eigenvalue weighted by molar-refractivity contribution is 5.84. The third-order valence-corrected chi connectivity index (χ3v) is 3.11. The first-order valence-electron chi connectivity index (χ1n) is 7.82. The molecule has 0 amide bonds. The molecule has 0 spiro atoms. The predicted molar refractivity (Wildman–Crippen MR) is 84.0 cm³/mol. The smallest absolute Gasteiger partial charge is 0.163 e. The van der Waals surface area contributed by atoms with Crippen LogP contribution in [0.15, 0.2) is 0 Å². The quantitative estimate of drug-likeness (QED) is 0.563. The summed E-state index contributed by atoms with van der Waals surface area (Å²) in [6.45, 7) is 14.9. The summed E-state index contributed by atoms with van der Waals surface area (Å²) in [4.78, 5) is 11.6. The minimum atomic E-state index is -0.302. The Labute approximate surface area is 125 Å². The zero-order valence-corrected chi connectivity index (χ0v) is 14.4. The first-order chi connectivity index (χ1) is 9.13. The van der Waals surface area contributed by atoms with Crippen molar-refractivity contribution in [2.75, 3.05) is 26.4 Å². The molecular weight excluding hydrogens is 252 g/mol. The molecule has 0 aromatic heterocycles. The average molecular weight is 286 g/mol.